The van der Waals surface area contributed by atoms with Crippen molar-refractivity contribution in [3.05, 3.63) is 35.7 Å². The molecule has 0 aliphatic carbocycles. The molecule has 1 aromatic heterocycles. The average molecular weight is 401 g/mol. The third kappa shape index (κ3) is 3.51. The highest BCUT2D eigenvalue weighted by Gasteiger charge is 2.39. The first-order valence-corrected chi connectivity index (χ1v) is 9.81. The van der Waals surface area contributed by atoms with Crippen LogP contribution in [0.15, 0.2) is 29.3 Å². The molecule has 3 rings (SSSR count). The Morgan fingerprint density at radius 3 is 2.59 bits per heavy atom. The lowest BCUT2D eigenvalue weighted by Crippen LogP contribution is -2.31. The lowest BCUT2D eigenvalue weighted by Gasteiger charge is -2.25. The number of sulfonamides is 1. The number of aromatic nitrogens is 2. The van der Waals surface area contributed by atoms with Gasteiger partial charge in [-0.1, -0.05) is 0 Å². The second kappa shape index (κ2) is 7.43. The molecule has 27 heavy (non-hydrogen) atoms. The highest BCUT2D eigenvalue weighted by molar-refractivity contribution is 7.89. The topological polar surface area (TPSA) is 73.7 Å². The minimum atomic E-state index is -4.00. The normalized spacial score (nSPS) is 18.2. The van der Waals surface area contributed by atoms with E-state index in [0.29, 0.717) is 34.6 Å². The molecule has 1 aliphatic heterocycles. The lowest BCUT2D eigenvalue weighted by atomic mass is 10.0. The number of ether oxygens (including phenoxy) is 2. The van der Waals surface area contributed by atoms with Gasteiger partial charge >= 0.3 is 6.55 Å². The molecule has 7 nitrogen and oxygen atoms in total. The van der Waals surface area contributed by atoms with Gasteiger partial charge < -0.3 is 9.47 Å². The van der Waals surface area contributed by atoms with Crippen molar-refractivity contribution in [1.82, 2.24) is 14.1 Å². The van der Waals surface area contributed by atoms with Gasteiger partial charge in [0.1, 0.15) is 16.4 Å². The number of benzene rings is 1. The Hall–Kier alpha value is -2.20. The zero-order valence-electron chi connectivity index (χ0n) is 15.2. The van der Waals surface area contributed by atoms with Gasteiger partial charge in [0, 0.05) is 12.1 Å². The molecular formula is C17H21F2N3O4S. The monoisotopic (exact) mass is 401 g/mol. The van der Waals surface area contributed by atoms with Crippen molar-refractivity contribution in [2.45, 2.75) is 37.3 Å². The standard InChI is InChI=1S/C17H21F2N3O4S/c1-11-16(10-21(20-11)17(18)19)27(23,24)22-8-4-5-14(22)13-9-12(25-2)6-7-15(13)26-3/h6-7,9-10,14,17H,4-5,8H2,1-3H3. The Bertz CT molecular complexity index is 930. The molecule has 2 aromatic rings. The molecule has 1 unspecified atom stereocenters. The van der Waals surface area contributed by atoms with Crippen molar-refractivity contribution in [1.29, 1.82) is 0 Å². The SMILES string of the molecule is COc1ccc(OC)c(C2CCCN2S(=O)(=O)c2cn(C(F)F)nc2C)c1. The zero-order chi connectivity index (χ0) is 19.8. The molecule has 1 aliphatic rings. The van der Waals surface area contributed by atoms with Gasteiger partial charge in [-0.2, -0.15) is 18.2 Å². The Balaban J connectivity index is 2.04. The number of methoxy groups -OCH3 is 2. The molecule has 0 N–H and O–H groups in total. The summed E-state index contributed by atoms with van der Waals surface area (Å²) in [6.45, 7) is -1.21. The summed E-state index contributed by atoms with van der Waals surface area (Å²) in [5.41, 5.74) is 0.718. The Morgan fingerprint density at radius 2 is 2.00 bits per heavy atom. The summed E-state index contributed by atoms with van der Waals surface area (Å²) in [7, 11) is -0.969. The quantitative estimate of drug-likeness (QED) is 0.744. The fourth-order valence-electron chi connectivity index (χ4n) is 3.38. The minimum Gasteiger partial charge on any atom is -0.497 e. The van der Waals surface area contributed by atoms with Crippen LogP contribution in [0.2, 0.25) is 0 Å². The first kappa shape index (κ1) is 19.6. The fraction of sp³-hybridized carbons (Fsp3) is 0.471. The van der Waals surface area contributed by atoms with E-state index < -0.39 is 22.6 Å². The van der Waals surface area contributed by atoms with Crippen LogP contribution in [-0.4, -0.2) is 43.3 Å². The van der Waals surface area contributed by atoms with Crippen LogP contribution < -0.4 is 9.47 Å². The average Bonchev–Trinajstić information content (AvgIpc) is 3.28. The van der Waals surface area contributed by atoms with Gasteiger partial charge in [-0.3, -0.25) is 0 Å². The third-order valence-corrected chi connectivity index (χ3v) is 6.67. The molecule has 0 saturated carbocycles. The van der Waals surface area contributed by atoms with Crippen molar-refractivity contribution < 1.29 is 26.7 Å². The van der Waals surface area contributed by atoms with Crippen LogP contribution in [0.5, 0.6) is 11.5 Å². The van der Waals surface area contributed by atoms with Crippen LogP contribution in [0.3, 0.4) is 0 Å². The molecule has 0 bridgehead atoms. The van der Waals surface area contributed by atoms with Crippen LogP contribution in [-0.2, 0) is 10.0 Å². The predicted octanol–water partition coefficient (Wildman–Crippen LogP) is 3.13. The summed E-state index contributed by atoms with van der Waals surface area (Å²) >= 11 is 0. The summed E-state index contributed by atoms with van der Waals surface area (Å²) in [5.74, 6) is 1.12. The fourth-order valence-corrected chi connectivity index (χ4v) is 5.21. The Labute approximate surface area is 156 Å². The van der Waals surface area contributed by atoms with E-state index in [-0.39, 0.29) is 17.1 Å². The molecule has 0 spiro atoms. The number of halogens is 2. The number of alkyl halides is 2. The molecule has 1 saturated heterocycles. The minimum absolute atomic E-state index is 0.0403. The van der Waals surface area contributed by atoms with Crippen LogP contribution in [0.1, 0.15) is 36.7 Å². The van der Waals surface area contributed by atoms with E-state index in [4.69, 9.17) is 9.47 Å². The van der Waals surface area contributed by atoms with Gasteiger partial charge in [0.15, 0.2) is 0 Å². The lowest BCUT2D eigenvalue weighted by molar-refractivity contribution is 0.0561. The largest absolute Gasteiger partial charge is 0.497 e. The second-order valence-corrected chi connectivity index (χ2v) is 8.08. The van der Waals surface area contributed by atoms with Crippen molar-refractivity contribution >= 4 is 10.0 Å². The molecule has 0 amide bonds. The van der Waals surface area contributed by atoms with Crippen molar-refractivity contribution in [3.63, 3.8) is 0 Å². The smallest absolute Gasteiger partial charge is 0.333 e. The van der Waals surface area contributed by atoms with Gasteiger partial charge in [-0.05, 0) is 38.0 Å². The van der Waals surface area contributed by atoms with E-state index >= 15 is 0 Å². The van der Waals surface area contributed by atoms with E-state index in [9.17, 15) is 17.2 Å². The van der Waals surface area contributed by atoms with Crippen molar-refractivity contribution in [3.8, 4) is 11.5 Å². The van der Waals surface area contributed by atoms with Gasteiger partial charge in [0.05, 0.1) is 32.2 Å². The van der Waals surface area contributed by atoms with E-state index in [0.717, 1.165) is 6.20 Å². The van der Waals surface area contributed by atoms with Crippen LogP contribution in [0.4, 0.5) is 8.78 Å². The van der Waals surface area contributed by atoms with E-state index in [1.807, 2.05) is 0 Å². The summed E-state index contributed by atoms with van der Waals surface area (Å²) in [4.78, 5) is -0.212. The summed E-state index contributed by atoms with van der Waals surface area (Å²) in [6, 6.07) is 4.71. The Kier molecular flexibility index (Phi) is 5.38. The van der Waals surface area contributed by atoms with E-state index in [2.05, 4.69) is 5.10 Å². The molecule has 1 atom stereocenters. The van der Waals surface area contributed by atoms with Gasteiger partial charge in [0.25, 0.3) is 0 Å². The predicted molar refractivity (Wildman–Crippen MR) is 93.6 cm³/mol. The molecule has 1 fully saturated rings. The first-order chi connectivity index (χ1) is 12.8. The number of nitrogens with zero attached hydrogens (tertiary/aromatic N) is 3. The highest BCUT2D eigenvalue weighted by Crippen LogP contribution is 2.42. The molecular weight excluding hydrogens is 380 g/mol. The number of rotatable bonds is 6. The summed E-state index contributed by atoms with van der Waals surface area (Å²) in [5, 5.41) is 3.62. The van der Waals surface area contributed by atoms with Crippen LogP contribution in [0, 0.1) is 6.92 Å². The van der Waals surface area contributed by atoms with Crippen LogP contribution >= 0.6 is 0 Å². The summed E-state index contributed by atoms with van der Waals surface area (Å²) in [6.07, 6.45) is 2.12. The first-order valence-electron chi connectivity index (χ1n) is 8.37. The van der Waals surface area contributed by atoms with E-state index in [1.165, 1.54) is 25.4 Å². The van der Waals surface area contributed by atoms with Crippen molar-refractivity contribution in [2.75, 3.05) is 20.8 Å². The zero-order valence-corrected chi connectivity index (χ0v) is 16.0. The maximum Gasteiger partial charge on any atom is 0.333 e. The maximum absolute atomic E-state index is 13.2. The van der Waals surface area contributed by atoms with E-state index in [1.54, 1.807) is 18.2 Å². The molecule has 10 heteroatoms. The Morgan fingerprint density at radius 1 is 1.26 bits per heavy atom. The number of hydrogen-bond acceptors (Lipinski definition) is 5. The molecule has 148 valence electrons. The van der Waals surface area contributed by atoms with Gasteiger partial charge in [0.2, 0.25) is 10.0 Å². The van der Waals surface area contributed by atoms with Crippen molar-refractivity contribution in [2.24, 2.45) is 0 Å². The molecule has 0 radical (unpaired) electrons. The maximum atomic E-state index is 13.2. The summed E-state index contributed by atoms with van der Waals surface area (Å²) < 4.78 is 64.5. The third-order valence-electron chi connectivity index (χ3n) is 4.66. The highest BCUT2D eigenvalue weighted by atomic mass is 32.2. The second-order valence-electron chi connectivity index (χ2n) is 6.22. The van der Waals surface area contributed by atoms with Crippen LogP contribution in [0.25, 0.3) is 0 Å². The molecule has 2 heterocycles. The molecule has 1 aromatic carbocycles. The van der Waals surface area contributed by atoms with Gasteiger partial charge in [-0.15, -0.1) is 0 Å². The number of hydrogen-bond donors (Lipinski definition) is 0. The number of aryl methyl sites for hydroxylation is 1. The van der Waals surface area contributed by atoms with Gasteiger partial charge in [-0.25, -0.2) is 13.1 Å².